The van der Waals surface area contributed by atoms with Gasteiger partial charge in [-0.1, -0.05) is 53.6 Å². The minimum absolute atomic E-state index is 0.0816. The van der Waals surface area contributed by atoms with Crippen LogP contribution in [0.4, 0.5) is 11.4 Å². The Hall–Kier alpha value is -3.55. The van der Waals surface area contributed by atoms with Crippen LogP contribution in [0.1, 0.15) is 16.7 Å². The molecule has 4 aromatic rings. The number of halogens is 1. The molecular weight excluding hydrogens is 496 g/mol. The minimum Gasteiger partial charge on any atom is -0.495 e. The molecule has 0 atom stereocenters. The molecule has 1 N–H and O–H groups in total. The van der Waals surface area contributed by atoms with Crippen molar-refractivity contribution in [2.75, 3.05) is 23.3 Å². The molecule has 0 aromatic heterocycles. The number of ether oxygens (including phenoxy) is 1. The highest BCUT2D eigenvalue weighted by Gasteiger charge is 2.28. The number of anilines is 2. The fourth-order valence-corrected chi connectivity index (χ4v) is 6.30. The number of carbonyl (C=O) groups excluding carboxylic acids is 1. The maximum Gasteiger partial charge on any atom is 0.264 e. The molecule has 1 amide bonds. The number of hydrogen-bond donors (Lipinski definition) is 1. The number of benzene rings is 4. The van der Waals surface area contributed by atoms with E-state index in [0.717, 1.165) is 28.1 Å². The summed E-state index contributed by atoms with van der Waals surface area (Å²) >= 11 is 6.31. The number of hydrogen-bond acceptors (Lipinski definition) is 4. The third-order valence-electron chi connectivity index (χ3n) is 6.47. The van der Waals surface area contributed by atoms with Crippen molar-refractivity contribution in [3.8, 4) is 5.75 Å². The zero-order valence-corrected chi connectivity index (χ0v) is 21.5. The monoisotopic (exact) mass is 520 g/mol. The zero-order valence-electron chi connectivity index (χ0n) is 19.9. The van der Waals surface area contributed by atoms with E-state index < -0.39 is 22.5 Å². The van der Waals surface area contributed by atoms with Crippen LogP contribution in [0.2, 0.25) is 5.02 Å². The van der Waals surface area contributed by atoms with Crippen LogP contribution < -0.4 is 14.4 Å². The fraction of sp³-hybridized carbons (Fsp3) is 0.179. The first-order valence-electron chi connectivity index (χ1n) is 11.5. The van der Waals surface area contributed by atoms with Crippen LogP contribution in [0.25, 0.3) is 10.8 Å². The second-order valence-electron chi connectivity index (χ2n) is 8.80. The average Bonchev–Trinajstić information content (AvgIpc) is 3.29. The maximum atomic E-state index is 13.7. The minimum atomic E-state index is -4.07. The summed E-state index contributed by atoms with van der Waals surface area (Å²) in [4.78, 5) is 13.4. The predicted molar refractivity (Wildman–Crippen MR) is 144 cm³/mol. The van der Waals surface area contributed by atoms with Crippen molar-refractivity contribution in [2.45, 2.75) is 24.7 Å². The van der Waals surface area contributed by atoms with E-state index in [0.29, 0.717) is 11.4 Å². The Morgan fingerprint density at radius 1 is 1.00 bits per heavy atom. The molecule has 5 rings (SSSR count). The number of aryl methyl sites for hydroxylation is 3. The van der Waals surface area contributed by atoms with E-state index in [4.69, 9.17) is 16.3 Å². The molecule has 0 bridgehead atoms. The molecule has 184 valence electrons. The van der Waals surface area contributed by atoms with Gasteiger partial charge >= 0.3 is 0 Å². The van der Waals surface area contributed by atoms with Crippen molar-refractivity contribution in [3.05, 3.63) is 94.5 Å². The number of amides is 1. The molecule has 0 radical (unpaired) electrons. The Kier molecular flexibility index (Phi) is 6.36. The van der Waals surface area contributed by atoms with E-state index >= 15 is 0 Å². The SMILES string of the molecule is COc1ccc(N(CC(=O)Nc2ccc3c4c(cccc24)CC3)S(=O)(=O)c2ccc(C)cc2)cc1Cl. The van der Waals surface area contributed by atoms with Crippen LogP contribution >= 0.6 is 11.6 Å². The number of nitrogens with zero attached hydrogens (tertiary/aromatic N) is 1. The molecule has 36 heavy (non-hydrogen) atoms. The third kappa shape index (κ3) is 4.40. The van der Waals surface area contributed by atoms with Crippen LogP contribution in [0, 0.1) is 6.92 Å². The Morgan fingerprint density at radius 2 is 1.72 bits per heavy atom. The van der Waals surface area contributed by atoms with Crippen LogP contribution in [-0.2, 0) is 27.7 Å². The van der Waals surface area contributed by atoms with Gasteiger partial charge in [-0.25, -0.2) is 8.42 Å². The summed E-state index contributed by atoms with van der Waals surface area (Å²) in [7, 11) is -2.59. The quantitative estimate of drug-likeness (QED) is 0.337. The third-order valence-corrected chi connectivity index (χ3v) is 8.55. The molecule has 1 aliphatic carbocycles. The predicted octanol–water partition coefficient (Wildman–Crippen LogP) is 5.74. The van der Waals surface area contributed by atoms with Gasteiger partial charge in [0.05, 0.1) is 22.7 Å². The molecule has 0 spiro atoms. The van der Waals surface area contributed by atoms with E-state index in [-0.39, 0.29) is 15.6 Å². The van der Waals surface area contributed by atoms with Gasteiger partial charge in [0, 0.05) is 11.1 Å². The van der Waals surface area contributed by atoms with Crippen molar-refractivity contribution in [1.82, 2.24) is 0 Å². The van der Waals surface area contributed by atoms with Gasteiger partial charge in [0.15, 0.2) is 0 Å². The lowest BCUT2D eigenvalue weighted by atomic mass is 10.0. The lowest BCUT2D eigenvalue weighted by Crippen LogP contribution is -2.38. The fourth-order valence-electron chi connectivity index (χ4n) is 4.64. The van der Waals surface area contributed by atoms with Gasteiger partial charge in [-0.3, -0.25) is 9.10 Å². The first-order valence-corrected chi connectivity index (χ1v) is 13.4. The zero-order chi connectivity index (χ0) is 25.4. The summed E-state index contributed by atoms with van der Waals surface area (Å²) < 4.78 is 33.6. The van der Waals surface area contributed by atoms with E-state index in [9.17, 15) is 13.2 Å². The lowest BCUT2D eigenvalue weighted by Gasteiger charge is -2.25. The summed E-state index contributed by atoms with van der Waals surface area (Å²) in [5.74, 6) is -0.0539. The first kappa shape index (κ1) is 24.2. The van der Waals surface area contributed by atoms with Crippen molar-refractivity contribution in [2.24, 2.45) is 0 Å². The first-order chi connectivity index (χ1) is 17.3. The standard InChI is InChI=1S/C28H25ClN2O4S/c1-18-6-12-22(13-7-18)36(33,34)31(21-11-15-26(35-2)24(29)16-21)17-27(32)30-25-14-10-20-9-8-19-4-3-5-23(25)28(19)20/h3-7,10-16H,8-9,17H2,1-2H3,(H,30,32). The van der Waals surface area contributed by atoms with Crippen molar-refractivity contribution in [3.63, 3.8) is 0 Å². The van der Waals surface area contributed by atoms with Gasteiger partial charge in [0.2, 0.25) is 5.91 Å². The Bertz CT molecular complexity index is 1570. The van der Waals surface area contributed by atoms with Crippen molar-refractivity contribution < 1.29 is 17.9 Å². The molecule has 8 heteroatoms. The van der Waals surface area contributed by atoms with Crippen LogP contribution in [0.15, 0.2) is 77.7 Å². The smallest absolute Gasteiger partial charge is 0.264 e. The molecule has 0 unspecified atom stereocenters. The van der Waals surface area contributed by atoms with Gasteiger partial charge in [0.25, 0.3) is 10.0 Å². The molecule has 0 saturated carbocycles. The summed E-state index contributed by atoms with van der Waals surface area (Å²) in [6.45, 7) is 1.45. The van der Waals surface area contributed by atoms with Crippen LogP contribution in [-0.4, -0.2) is 28.0 Å². The normalized spacial score (nSPS) is 12.5. The Morgan fingerprint density at radius 3 is 2.42 bits per heavy atom. The molecule has 0 heterocycles. The van der Waals surface area contributed by atoms with Crippen LogP contribution in [0.5, 0.6) is 5.75 Å². The molecule has 6 nitrogen and oxygen atoms in total. The maximum absolute atomic E-state index is 13.7. The van der Waals surface area contributed by atoms with Gasteiger partial charge < -0.3 is 10.1 Å². The summed E-state index contributed by atoms with van der Waals surface area (Å²) in [6, 6.07) is 21.1. The highest BCUT2D eigenvalue weighted by molar-refractivity contribution is 7.92. The number of nitrogens with one attached hydrogen (secondary N) is 1. The summed E-state index contributed by atoms with van der Waals surface area (Å²) in [5, 5.41) is 5.30. The molecule has 0 aliphatic heterocycles. The van der Waals surface area contributed by atoms with E-state index in [1.807, 2.05) is 31.2 Å². The number of sulfonamides is 1. The Balaban J connectivity index is 1.51. The number of methoxy groups -OCH3 is 1. The summed E-state index contributed by atoms with van der Waals surface area (Å²) in [5.41, 5.74) is 4.36. The van der Waals surface area contributed by atoms with Gasteiger partial charge in [-0.15, -0.1) is 0 Å². The van der Waals surface area contributed by atoms with Gasteiger partial charge in [-0.05, 0) is 72.7 Å². The van der Waals surface area contributed by atoms with Gasteiger partial charge in [-0.2, -0.15) is 0 Å². The molecule has 0 saturated heterocycles. The topological polar surface area (TPSA) is 75.7 Å². The lowest BCUT2D eigenvalue weighted by molar-refractivity contribution is -0.114. The molecule has 0 fully saturated rings. The second-order valence-corrected chi connectivity index (χ2v) is 11.1. The van der Waals surface area contributed by atoms with Crippen molar-refractivity contribution >= 4 is 49.7 Å². The van der Waals surface area contributed by atoms with Crippen LogP contribution in [0.3, 0.4) is 0 Å². The van der Waals surface area contributed by atoms with Crippen molar-refractivity contribution in [1.29, 1.82) is 0 Å². The van der Waals surface area contributed by atoms with Gasteiger partial charge in [0.1, 0.15) is 12.3 Å². The average molecular weight is 521 g/mol. The largest absolute Gasteiger partial charge is 0.495 e. The highest BCUT2D eigenvalue weighted by atomic mass is 35.5. The second kappa shape index (κ2) is 9.48. The van der Waals surface area contributed by atoms with E-state index in [2.05, 4.69) is 11.4 Å². The molecule has 4 aromatic carbocycles. The van der Waals surface area contributed by atoms with E-state index in [1.165, 1.54) is 41.8 Å². The summed E-state index contributed by atoms with van der Waals surface area (Å²) in [6.07, 6.45) is 1.95. The molecule has 1 aliphatic rings. The highest BCUT2D eigenvalue weighted by Crippen LogP contribution is 2.35. The number of carbonyl (C=O) groups is 1. The molecular formula is C28H25ClN2O4S. The Labute approximate surface area is 215 Å². The van der Waals surface area contributed by atoms with E-state index in [1.54, 1.807) is 24.3 Å². The number of rotatable bonds is 7.